The SMILES string of the molecule is NCC#Cc1cnc(NC(=O)CC2CC2)s1. The Hall–Kier alpha value is -1.38. The third-order valence-corrected chi connectivity index (χ3v) is 3.06. The Morgan fingerprint density at radius 1 is 1.69 bits per heavy atom. The number of carbonyl (C=O) groups excluding carboxylic acids is 1. The predicted octanol–water partition coefficient (Wildman–Crippen LogP) is 1.19. The standard InChI is InChI=1S/C11H13N3OS/c12-5-1-2-9-7-13-11(16-9)14-10(15)6-8-3-4-8/h7-8H,3-6,12H2,(H,13,14,15). The van der Waals surface area contributed by atoms with Crippen LogP contribution < -0.4 is 11.1 Å². The van der Waals surface area contributed by atoms with Crippen LogP contribution >= 0.6 is 11.3 Å². The van der Waals surface area contributed by atoms with Gasteiger partial charge in [0.15, 0.2) is 5.13 Å². The molecule has 1 heterocycles. The molecule has 16 heavy (non-hydrogen) atoms. The maximum absolute atomic E-state index is 11.5. The fraction of sp³-hybridized carbons (Fsp3) is 0.455. The summed E-state index contributed by atoms with van der Waals surface area (Å²) in [5, 5.41) is 3.40. The quantitative estimate of drug-likeness (QED) is 0.773. The van der Waals surface area contributed by atoms with Crippen LogP contribution in [0.5, 0.6) is 0 Å². The number of nitrogens with zero attached hydrogens (tertiary/aromatic N) is 1. The number of thiazole rings is 1. The second kappa shape index (κ2) is 5.10. The molecule has 1 amide bonds. The minimum Gasteiger partial charge on any atom is -0.320 e. The molecule has 0 aliphatic heterocycles. The van der Waals surface area contributed by atoms with E-state index in [1.54, 1.807) is 6.20 Å². The molecule has 1 aliphatic rings. The van der Waals surface area contributed by atoms with Gasteiger partial charge < -0.3 is 11.1 Å². The largest absolute Gasteiger partial charge is 0.320 e. The van der Waals surface area contributed by atoms with Crippen molar-refractivity contribution in [3.05, 3.63) is 11.1 Å². The minimum atomic E-state index is 0.0511. The number of hydrogen-bond acceptors (Lipinski definition) is 4. The molecule has 3 N–H and O–H groups in total. The van der Waals surface area contributed by atoms with E-state index in [9.17, 15) is 4.79 Å². The van der Waals surface area contributed by atoms with Crippen molar-refractivity contribution in [3.8, 4) is 11.8 Å². The number of anilines is 1. The van der Waals surface area contributed by atoms with E-state index in [4.69, 9.17) is 5.73 Å². The Labute approximate surface area is 98.3 Å². The van der Waals surface area contributed by atoms with E-state index in [0.717, 1.165) is 4.88 Å². The van der Waals surface area contributed by atoms with Crippen LogP contribution in [0.3, 0.4) is 0 Å². The highest BCUT2D eigenvalue weighted by Gasteiger charge is 2.24. The zero-order chi connectivity index (χ0) is 11.4. The van der Waals surface area contributed by atoms with Crippen molar-refractivity contribution in [2.24, 2.45) is 11.7 Å². The van der Waals surface area contributed by atoms with E-state index >= 15 is 0 Å². The van der Waals surface area contributed by atoms with Crippen LogP contribution in [-0.4, -0.2) is 17.4 Å². The second-order valence-electron chi connectivity index (χ2n) is 3.73. The molecule has 84 valence electrons. The number of carbonyl (C=O) groups is 1. The number of amides is 1. The Morgan fingerprint density at radius 3 is 3.19 bits per heavy atom. The first-order chi connectivity index (χ1) is 7.78. The lowest BCUT2D eigenvalue weighted by Gasteiger charge is -1.98. The molecule has 0 spiro atoms. The van der Waals surface area contributed by atoms with Gasteiger partial charge in [-0.3, -0.25) is 4.79 Å². The van der Waals surface area contributed by atoms with Gasteiger partial charge in [-0.1, -0.05) is 23.2 Å². The van der Waals surface area contributed by atoms with Gasteiger partial charge in [-0.05, 0) is 18.8 Å². The molecular weight excluding hydrogens is 222 g/mol. The van der Waals surface area contributed by atoms with Gasteiger partial charge in [0.05, 0.1) is 17.6 Å². The van der Waals surface area contributed by atoms with E-state index in [-0.39, 0.29) is 5.91 Å². The number of aromatic nitrogens is 1. The maximum Gasteiger partial charge on any atom is 0.226 e. The van der Waals surface area contributed by atoms with Crippen molar-refractivity contribution in [3.63, 3.8) is 0 Å². The Kier molecular flexibility index (Phi) is 3.54. The average molecular weight is 235 g/mol. The van der Waals surface area contributed by atoms with Gasteiger partial charge in [-0.2, -0.15) is 0 Å². The van der Waals surface area contributed by atoms with E-state index in [1.165, 1.54) is 24.2 Å². The average Bonchev–Trinajstić information content (AvgIpc) is 2.94. The van der Waals surface area contributed by atoms with Gasteiger partial charge in [0.1, 0.15) is 0 Å². The molecule has 1 saturated carbocycles. The summed E-state index contributed by atoms with van der Waals surface area (Å²) in [6.07, 6.45) is 4.63. The predicted molar refractivity (Wildman–Crippen MR) is 64.0 cm³/mol. The zero-order valence-electron chi connectivity index (χ0n) is 8.82. The molecule has 1 fully saturated rings. The Bertz CT molecular complexity index is 440. The number of nitrogens with two attached hydrogens (primary N) is 1. The fourth-order valence-corrected chi connectivity index (χ4v) is 1.99. The second-order valence-corrected chi connectivity index (χ2v) is 4.76. The highest BCUT2D eigenvalue weighted by atomic mass is 32.1. The summed E-state index contributed by atoms with van der Waals surface area (Å²) in [7, 11) is 0. The van der Waals surface area contributed by atoms with Crippen molar-refractivity contribution in [2.75, 3.05) is 11.9 Å². The van der Waals surface area contributed by atoms with Crippen molar-refractivity contribution < 1.29 is 4.79 Å². The van der Waals surface area contributed by atoms with Crippen LogP contribution in [-0.2, 0) is 4.79 Å². The third-order valence-electron chi connectivity index (χ3n) is 2.24. The van der Waals surface area contributed by atoms with Gasteiger partial charge in [0.2, 0.25) is 5.91 Å². The first-order valence-corrected chi connectivity index (χ1v) is 6.04. The van der Waals surface area contributed by atoms with Gasteiger partial charge in [0.25, 0.3) is 0 Å². The molecule has 2 rings (SSSR count). The van der Waals surface area contributed by atoms with Crippen LogP contribution in [0.2, 0.25) is 0 Å². The van der Waals surface area contributed by atoms with Gasteiger partial charge in [0, 0.05) is 6.42 Å². The van der Waals surface area contributed by atoms with Crippen LogP contribution in [0.25, 0.3) is 0 Å². The molecule has 0 radical (unpaired) electrons. The summed E-state index contributed by atoms with van der Waals surface area (Å²) in [4.78, 5) is 16.4. The summed E-state index contributed by atoms with van der Waals surface area (Å²) in [6, 6.07) is 0. The van der Waals surface area contributed by atoms with Crippen LogP contribution in [0.1, 0.15) is 24.1 Å². The summed E-state index contributed by atoms with van der Waals surface area (Å²) < 4.78 is 0. The third kappa shape index (κ3) is 3.33. The Morgan fingerprint density at radius 2 is 2.50 bits per heavy atom. The molecule has 5 heteroatoms. The molecule has 0 atom stereocenters. The molecular formula is C11H13N3OS. The molecule has 0 saturated heterocycles. The first kappa shape index (κ1) is 11.1. The number of nitrogens with one attached hydrogen (secondary N) is 1. The van der Waals surface area contributed by atoms with Crippen LogP contribution in [0.4, 0.5) is 5.13 Å². The molecule has 1 aromatic heterocycles. The van der Waals surface area contributed by atoms with Gasteiger partial charge in [-0.25, -0.2) is 4.98 Å². The summed E-state index contributed by atoms with van der Waals surface area (Å²) in [5.74, 6) is 6.27. The molecule has 1 aliphatic carbocycles. The molecule has 0 unspecified atom stereocenters. The zero-order valence-corrected chi connectivity index (χ0v) is 9.64. The first-order valence-electron chi connectivity index (χ1n) is 5.22. The van der Waals surface area contributed by atoms with Crippen molar-refractivity contribution >= 4 is 22.4 Å². The van der Waals surface area contributed by atoms with Gasteiger partial charge >= 0.3 is 0 Å². The summed E-state index contributed by atoms with van der Waals surface area (Å²) in [6.45, 7) is 0.335. The van der Waals surface area contributed by atoms with Crippen molar-refractivity contribution in [1.29, 1.82) is 0 Å². The van der Waals surface area contributed by atoms with E-state index in [0.29, 0.717) is 24.0 Å². The van der Waals surface area contributed by atoms with E-state index < -0.39 is 0 Å². The number of hydrogen-bond donors (Lipinski definition) is 2. The maximum atomic E-state index is 11.5. The highest BCUT2D eigenvalue weighted by molar-refractivity contribution is 7.16. The monoisotopic (exact) mass is 235 g/mol. The highest BCUT2D eigenvalue weighted by Crippen LogP contribution is 2.32. The normalized spacial score (nSPS) is 14.1. The lowest BCUT2D eigenvalue weighted by Crippen LogP contribution is -2.11. The van der Waals surface area contributed by atoms with Crippen LogP contribution in [0, 0.1) is 17.8 Å². The summed E-state index contributed by atoms with van der Waals surface area (Å²) in [5.41, 5.74) is 5.27. The lowest BCUT2D eigenvalue weighted by molar-refractivity contribution is -0.116. The summed E-state index contributed by atoms with van der Waals surface area (Å²) >= 11 is 1.38. The number of rotatable bonds is 3. The lowest BCUT2D eigenvalue weighted by atomic mass is 10.3. The van der Waals surface area contributed by atoms with Crippen molar-refractivity contribution in [1.82, 2.24) is 4.98 Å². The smallest absolute Gasteiger partial charge is 0.226 e. The van der Waals surface area contributed by atoms with E-state index in [1.807, 2.05) is 0 Å². The Balaban J connectivity index is 1.88. The minimum absolute atomic E-state index is 0.0511. The van der Waals surface area contributed by atoms with Crippen LogP contribution in [0.15, 0.2) is 6.20 Å². The van der Waals surface area contributed by atoms with Crippen molar-refractivity contribution in [2.45, 2.75) is 19.3 Å². The topological polar surface area (TPSA) is 68.0 Å². The molecule has 0 aromatic carbocycles. The fourth-order valence-electron chi connectivity index (χ4n) is 1.28. The van der Waals surface area contributed by atoms with E-state index in [2.05, 4.69) is 22.1 Å². The molecule has 4 nitrogen and oxygen atoms in total. The molecule has 1 aromatic rings. The molecule has 0 bridgehead atoms. The van der Waals surface area contributed by atoms with Gasteiger partial charge in [-0.15, -0.1) is 0 Å².